The summed E-state index contributed by atoms with van der Waals surface area (Å²) in [4.78, 5) is 0. The Morgan fingerprint density at radius 2 is 2.05 bits per heavy atom. The van der Waals surface area contributed by atoms with Crippen LogP contribution in [0.3, 0.4) is 0 Å². The maximum Gasteiger partial charge on any atom is 0.133 e. The first-order valence-corrected chi connectivity index (χ1v) is 7.46. The molecule has 4 heteroatoms. The molecule has 110 valence electrons. The van der Waals surface area contributed by atoms with Crippen LogP contribution in [0.4, 0.5) is 4.39 Å². The van der Waals surface area contributed by atoms with Crippen molar-refractivity contribution in [1.82, 2.24) is 5.32 Å². The van der Waals surface area contributed by atoms with E-state index < -0.39 is 0 Å². The van der Waals surface area contributed by atoms with Crippen molar-refractivity contribution in [1.29, 1.82) is 0 Å². The van der Waals surface area contributed by atoms with E-state index in [-0.39, 0.29) is 5.82 Å². The third kappa shape index (κ3) is 3.55. The lowest BCUT2D eigenvalue weighted by atomic mass is 10.2. The van der Waals surface area contributed by atoms with Gasteiger partial charge in [0.05, 0.1) is 0 Å². The van der Waals surface area contributed by atoms with Gasteiger partial charge in [-0.15, -0.1) is 0 Å². The maximum absolute atomic E-state index is 13.2. The van der Waals surface area contributed by atoms with Crippen molar-refractivity contribution in [2.45, 2.75) is 32.4 Å². The fraction of sp³-hybridized carbons (Fsp3) is 0.294. The van der Waals surface area contributed by atoms with Crippen LogP contribution in [0.1, 0.15) is 24.0 Å². The van der Waals surface area contributed by atoms with E-state index >= 15 is 0 Å². The van der Waals surface area contributed by atoms with Crippen LogP contribution in [0.2, 0.25) is 5.02 Å². The van der Waals surface area contributed by atoms with Gasteiger partial charge in [-0.05, 0) is 55.7 Å². The molecule has 2 aromatic carbocycles. The van der Waals surface area contributed by atoms with Crippen LogP contribution in [-0.4, -0.2) is 6.04 Å². The molecule has 0 atom stereocenters. The van der Waals surface area contributed by atoms with Gasteiger partial charge in [-0.25, -0.2) is 4.39 Å². The van der Waals surface area contributed by atoms with E-state index in [1.54, 1.807) is 6.07 Å². The van der Waals surface area contributed by atoms with Gasteiger partial charge >= 0.3 is 0 Å². The fourth-order valence-corrected chi connectivity index (χ4v) is 2.42. The predicted molar refractivity (Wildman–Crippen MR) is 82.5 cm³/mol. The number of rotatable bonds is 5. The number of aryl methyl sites for hydroxylation is 1. The lowest BCUT2D eigenvalue weighted by Crippen LogP contribution is -2.16. The van der Waals surface area contributed by atoms with Crippen molar-refractivity contribution in [3.63, 3.8) is 0 Å². The van der Waals surface area contributed by atoms with Gasteiger partial charge in [-0.3, -0.25) is 0 Å². The predicted octanol–water partition coefficient (Wildman–Crippen LogP) is 4.83. The lowest BCUT2D eigenvalue weighted by Gasteiger charge is -2.14. The molecule has 1 saturated carbocycles. The quantitative estimate of drug-likeness (QED) is 0.854. The molecular formula is C17H17ClFNO. The molecule has 0 spiro atoms. The molecule has 2 nitrogen and oxygen atoms in total. The standard InChI is InChI=1S/C17H17ClFNO/c1-11-9-12(19)5-8-16(11)21-17-4-2-3-15(18)14(17)10-20-13-6-7-13/h2-5,8-9,13,20H,6-7,10H2,1H3. The van der Waals surface area contributed by atoms with Gasteiger partial charge in [-0.1, -0.05) is 17.7 Å². The molecule has 0 bridgehead atoms. The minimum absolute atomic E-state index is 0.262. The zero-order chi connectivity index (χ0) is 14.8. The summed E-state index contributed by atoms with van der Waals surface area (Å²) in [5.74, 6) is 1.10. The average Bonchev–Trinajstić information content (AvgIpc) is 3.25. The fourth-order valence-electron chi connectivity index (χ4n) is 2.19. The highest BCUT2D eigenvalue weighted by Crippen LogP contribution is 2.33. The van der Waals surface area contributed by atoms with Gasteiger partial charge in [-0.2, -0.15) is 0 Å². The molecule has 1 aliphatic carbocycles. The van der Waals surface area contributed by atoms with Gasteiger partial charge in [0.25, 0.3) is 0 Å². The second kappa shape index (κ2) is 6.04. The van der Waals surface area contributed by atoms with Gasteiger partial charge in [0, 0.05) is 23.2 Å². The summed E-state index contributed by atoms with van der Waals surface area (Å²) in [7, 11) is 0. The normalized spacial score (nSPS) is 14.2. The van der Waals surface area contributed by atoms with Crippen molar-refractivity contribution in [3.05, 3.63) is 58.4 Å². The zero-order valence-corrected chi connectivity index (χ0v) is 12.6. The second-order valence-corrected chi connectivity index (χ2v) is 5.79. The first-order chi connectivity index (χ1) is 10.1. The summed E-state index contributed by atoms with van der Waals surface area (Å²) < 4.78 is 19.1. The van der Waals surface area contributed by atoms with Crippen LogP contribution in [0, 0.1) is 12.7 Å². The third-order valence-corrected chi connectivity index (χ3v) is 3.93. The number of benzene rings is 2. The Morgan fingerprint density at radius 3 is 2.76 bits per heavy atom. The molecule has 0 aliphatic heterocycles. The first kappa shape index (κ1) is 14.4. The zero-order valence-electron chi connectivity index (χ0n) is 11.8. The number of hydrogen-bond donors (Lipinski definition) is 1. The number of hydrogen-bond acceptors (Lipinski definition) is 2. The Balaban J connectivity index is 1.84. The van der Waals surface area contributed by atoms with Crippen molar-refractivity contribution in [2.75, 3.05) is 0 Å². The molecule has 0 radical (unpaired) electrons. The summed E-state index contributed by atoms with van der Waals surface area (Å²) in [6.45, 7) is 2.50. The Labute approximate surface area is 128 Å². The molecule has 0 aromatic heterocycles. The molecular weight excluding hydrogens is 289 g/mol. The van der Waals surface area contributed by atoms with Crippen LogP contribution in [0.15, 0.2) is 36.4 Å². The van der Waals surface area contributed by atoms with E-state index in [0.29, 0.717) is 29.1 Å². The Hall–Kier alpha value is -1.58. The summed E-state index contributed by atoms with van der Waals surface area (Å²) in [5, 5.41) is 4.12. The van der Waals surface area contributed by atoms with E-state index in [0.717, 1.165) is 11.1 Å². The van der Waals surface area contributed by atoms with E-state index in [4.69, 9.17) is 16.3 Å². The summed E-state index contributed by atoms with van der Waals surface area (Å²) >= 11 is 6.28. The molecule has 0 heterocycles. The molecule has 3 rings (SSSR count). The van der Waals surface area contributed by atoms with Gasteiger partial charge in [0.15, 0.2) is 0 Å². The van der Waals surface area contributed by atoms with Gasteiger partial charge < -0.3 is 10.1 Å². The molecule has 21 heavy (non-hydrogen) atoms. The third-order valence-electron chi connectivity index (χ3n) is 3.58. The van der Waals surface area contributed by atoms with Crippen LogP contribution in [0.5, 0.6) is 11.5 Å². The number of halogens is 2. The number of nitrogens with one attached hydrogen (secondary N) is 1. The largest absolute Gasteiger partial charge is 0.457 e. The molecule has 0 unspecified atom stereocenters. The maximum atomic E-state index is 13.2. The van der Waals surface area contributed by atoms with Crippen LogP contribution >= 0.6 is 11.6 Å². The minimum Gasteiger partial charge on any atom is -0.457 e. The highest BCUT2D eigenvalue weighted by Gasteiger charge is 2.21. The highest BCUT2D eigenvalue weighted by atomic mass is 35.5. The van der Waals surface area contributed by atoms with Crippen molar-refractivity contribution >= 4 is 11.6 Å². The summed E-state index contributed by atoms with van der Waals surface area (Å²) in [6.07, 6.45) is 2.44. The summed E-state index contributed by atoms with van der Waals surface area (Å²) in [5.41, 5.74) is 1.70. The average molecular weight is 306 g/mol. The van der Waals surface area contributed by atoms with Crippen molar-refractivity contribution in [3.8, 4) is 11.5 Å². The SMILES string of the molecule is Cc1cc(F)ccc1Oc1cccc(Cl)c1CNC1CC1. The minimum atomic E-state index is -0.262. The van der Waals surface area contributed by atoms with Crippen LogP contribution < -0.4 is 10.1 Å². The van der Waals surface area contributed by atoms with E-state index in [1.165, 1.54) is 25.0 Å². The highest BCUT2D eigenvalue weighted by molar-refractivity contribution is 6.31. The smallest absolute Gasteiger partial charge is 0.133 e. The van der Waals surface area contributed by atoms with E-state index in [2.05, 4.69) is 5.32 Å². The van der Waals surface area contributed by atoms with Crippen molar-refractivity contribution < 1.29 is 9.13 Å². The Bertz CT molecular complexity index is 655. The summed E-state index contributed by atoms with van der Waals surface area (Å²) in [6, 6.07) is 10.7. The molecule has 2 aromatic rings. The molecule has 1 aliphatic rings. The van der Waals surface area contributed by atoms with Crippen LogP contribution in [0.25, 0.3) is 0 Å². The Morgan fingerprint density at radius 1 is 1.24 bits per heavy atom. The van der Waals surface area contributed by atoms with Crippen molar-refractivity contribution in [2.24, 2.45) is 0 Å². The van der Waals surface area contributed by atoms with E-state index in [1.807, 2.05) is 25.1 Å². The molecule has 0 saturated heterocycles. The van der Waals surface area contributed by atoms with Crippen LogP contribution in [-0.2, 0) is 6.54 Å². The lowest BCUT2D eigenvalue weighted by molar-refractivity contribution is 0.467. The first-order valence-electron chi connectivity index (χ1n) is 7.08. The molecule has 1 fully saturated rings. The van der Waals surface area contributed by atoms with Gasteiger partial charge in [0.2, 0.25) is 0 Å². The number of ether oxygens (including phenoxy) is 1. The Kier molecular flexibility index (Phi) is 4.13. The monoisotopic (exact) mass is 305 g/mol. The topological polar surface area (TPSA) is 21.3 Å². The molecule has 1 N–H and O–H groups in total. The second-order valence-electron chi connectivity index (χ2n) is 5.38. The molecule has 0 amide bonds. The van der Waals surface area contributed by atoms with E-state index in [9.17, 15) is 4.39 Å². The van der Waals surface area contributed by atoms with Gasteiger partial charge in [0.1, 0.15) is 17.3 Å².